The summed E-state index contributed by atoms with van der Waals surface area (Å²) >= 11 is 0. The molecular formula is C24H15F4N7O. The minimum absolute atomic E-state index is 0.151. The van der Waals surface area contributed by atoms with Crippen molar-refractivity contribution in [1.82, 2.24) is 24.5 Å². The zero-order chi connectivity index (χ0) is 25.4. The Labute approximate surface area is 200 Å². The van der Waals surface area contributed by atoms with Crippen LogP contribution in [0.25, 0.3) is 22.6 Å². The maximum atomic E-state index is 14.2. The largest absolute Gasteiger partial charge is 0.457 e. The Morgan fingerprint density at radius 1 is 1.06 bits per heavy atom. The SMILES string of the molecule is Cn1c(Nc2cc(C(F)(F)F)ccc2F)nc2cc(Oc3ccnc(-c4ncc(C#N)[nH]4)c3)ccc21. The molecule has 0 aliphatic heterocycles. The Morgan fingerprint density at radius 3 is 2.61 bits per heavy atom. The predicted molar refractivity (Wildman–Crippen MR) is 122 cm³/mol. The summed E-state index contributed by atoms with van der Waals surface area (Å²) in [6.45, 7) is 0. The van der Waals surface area contributed by atoms with Gasteiger partial charge in [0.25, 0.3) is 0 Å². The molecule has 0 unspecified atom stereocenters. The third kappa shape index (κ3) is 4.41. The van der Waals surface area contributed by atoms with E-state index in [1.165, 1.54) is 12.4 Å². The van der Waals surface area contributed by atoms with Crippen molar-refractivity contribution in [2.75, 3.05) is 5.32 Å². The van der Waals surface area contributed by atoms with Gasteiger partial charge in [-0.3, -0.25) is 4.98 Å². The Kier molecular flexibility index (Phi) is 5.52. The van der Waals surface area contributed by atoms with Crippen molar-refractivity contribution in [1.29, 1.82) is 5.26 Å². The van der Waals surface area contributed by atoms with Crippen molar-refractivity contribution in [3.63, 3.8) is 0 Å². The molecule has 3 heterocycles. The highest BCUT2D eigenvalue weighted by molar-refractivity contribution is 5.81. The Bertz CT molecular complexity index is 1630. The molecule has 0 radical (unpaired) electrons. The summed E-state index contributed by atoms with van der Waals surface area (Å²) in [5.41, 5.74) is 0.573. The molecule has 5 rings (SSSR count). The predicted octanol–water partition coefficient (Wildman–Crippen LogP) is 5.92. The van der Waals surface area contributed by atoms with Crippen LogP contribution < -0.4 is 10.1 Å². The molecule has 36 heavy (non-hydrogen) atoms. The van der Waals surface area contributed by atoms with E-state index in [1.54, 1.807) is 41.9 Å². The first kappa shape index (κ1) is 22.9. The van der Waals surface area contributed by atoms with E-state index in [0.29, 0.717) is 51.9 Å². The van der Waals surface area contributed by atoms with Gasteiger partial charge in [0.15, 0.2) is 5.82 Å². The van der Waals surface area contributed by atoms with Crippen LogP contribution in [-0.4, -0.2) is 24.5 Å². The van der Waals surface area contributed by atoms with Crippen molar-refractivity contribution in [3.05, 3.63) is 78.0 Å². The number of nitriles is 1. The molecule has 0 amide bonds. The summed E-state index contributed by atoms with van der Waals surface area (Å²) in [5.74, 6) is 0.611. The van der Waals surface area contributed by atoms with Gasteiger partial charge in [0, 0.05) is 25.4 Å². The fourth-order valence-corrected chi connectivity index (χ4v) is 3.52. The lowest BCUT2D eigenvalue weighted by molar-refractivity contribution is -0.137. The second kappa shape index (κ2) is 8.70. The molecule has 0 bridgehead atoms. The van der Waals surface area contributed by atoms with E-state index in [2.05, 4.69) is 25.3 Å². The quantitative estimate of drug-likeness (QED) is 0.295. The minimum atomic E-state index is -4.61. The number of H-pyrrole nitrogens is 1. The smallest absolute Gasteiger partial charge is 0.416 e. The van der Waals surface area contributed by atoms with Gasteiger partial charge in [-0.1, -0.05) is 0 Å². The van der Waals surface area contributed by atoms with Gasteiger partial charge >= 0.3 is 6.18 Å². The molecule has 3 aromatic heterocycles. The van der Waals surface area contributed by atoms with Gasteiger partial charge in [-0.25, -0.2) is 14.4 Å². The number of aromatic nitrogens is 5. The standard InChI is InChI=1S/C24H15F4N7O/c1-35-21-5-3-15(36-16-6-7-30-20(10-16)22-31-12-14(11-29)32-22)9-19(21)34-23(35)33-18-8-13(24(26,27)28)2-4-17(18)25/h2-10,12H,1H3,(H,31,32)(H,33,34). The second-order valence-corrected chi connectivity index (χ2v) is 7.70. The maximum Gasteiger partial charge on any atom is 0.416 e. The Hall–Kier alpha value is -4.92. The topological polar surface area (TPSA) is 104 Å². The molecule has 0 spiro atoms. The van der Waals surface area contributed by atoms with Crippen LogP contribution >= 0.6 is 0 Å². The lowest BCUT2D eigenvalue weighted by atomic mass is 10.2. The van der Waals surface area contributed by atoms with E-state index in [0.717, 1.165) is 6.07 Å². The van der Waals surface area contributed by atoms with Crippen LogP contribution in [0.2, 0.25) is 0 Å². The molecule has 5 aromatic rings. The summed E-state index contributed by atoms with van der Waals surface area (Å²) in [7, 11) is 1.65. The van der Waals surface area contributed by atoms with Crippen LogP contribution in [0.1, 0.15) is 11.3 Å². The first-order valence-corrected chi connectivity index (χ1v) is 10.4. The number of halogens is 4. The van der Waals surface area contributed by atoms with Crippen LogP contribution in [0.4, 0.5) is 29.2 Å². The van der Waals surface area contributed by atoms with Crippen LogP contribution in [0.15, 0.2) is 60.9 Å². The van der Waals surface area contributed by atoms with E-state index >= 15 is 0 Å². The molecule has 0 fully saturated rings. The van der Waals surface area contributed by atoms with Crippen molar-refractivity contribution >= 4 is 22.7 Å². The van der Waals surface area contributed by atoms with Crippen LogP contribution in [0.3, 0.4) is 0 Å². The molecule has 0 atom stereocenters. The van der Waals surface area contributed by atoms with Crippen LogP contribution in [0.5, 0.6) is 11.5 Å². The Balaban J connectivity index is 1.41. The van der Waals surface area contributed by atoms with Gasteiger partial charge in [-0.2, -0.15) is 18.4 Å². The van der Waals surface area contributed by atoms with Gasteiger partial charge < -0.3 is 19.6 Å². The number of nitrogens with zero attached hydrogens (tertiary/aromatic N) is 5. The number of pyridine rings is 1. The highest BCUT2D eigenvalue weighted by Crippen LogP contribution is 2.34. The molecule has 2 N–H and O–H groups in total. The van der Waals surface area contributed by atoms with E-state index in [4.69, 9.17) is 10.00 Å². The number of fused-ring (bicyclic) bond motifs is 1. The number of hydrogen-bond acceptors (Lipinski definition) is 6. The van der Waals surface area contributed by atoms with Gasteiger partial charge in [0.2, 0.25) is 5.95 Å². The molecule has 0 saturated heterocycles. The molecule has 0 aliphatic carbocycles. The number of ether oxygens (including phenoxy) is 1. The van der Waals surface area contributed by atoms with Gasteiger partial charge in [0.1, 0.15) is 34.8 Å². The fourth-order valence-electron chi connectivity index (χ4n) is 3.52. The van der Waals surface area contributed by atoms with Crippen molar-refractivity contribution < 1.29 is 22.3 Å². The maximum absolute atomic E-state index is 14.2. The second-order valence-electron chi connectivity index (χ2n) is 7.70. The summed E-state index contributed by atoms with van der Waals surface area (Å²) < 4.78 is 60.8. The van der Waals surface area contributed by atoms with Crippen molar-refractivity contribution in [2.24, 2.45) is 7.05 Å². The third-order valence-corrected chi connectivity index (χ3v) is 5.30. The number of hydrogen-bond donors (Lipinski definition) is 2. The summed E-state index contributed by atoms with van der Waals surface area (Å²) in [6.07, 6.45) is -1.68. The summed E-state index contributed by atoms with van der Waals surface area (Å²) in [6, 6.07) is 12.4. The first-order valence-electron chi connectivity index (χ1n) is 10.4. The van der Waals surface area contributed by atoms with Crippen LogP contribution in [0, 0.1) is 17.1 Å². The van der Waals surface area contributed by atoms with E-state index in [-0.39, 0.29) is 11.6 Å². The number of aryl methyl sites for hydroxylation is 1. The highest BCUT2D eigenvalue weighted by atomic mass is 19.4. The fraction of sp³-hybridized carbons (Fsp3) is 0.0833. The average Bonchev–Trinajstić information content (AvgIpc) is 3.45. The number of rotatable bonds is 5. The van der Waals surface area contributed by atoms with E-state index in [9.17, 15) is 17.6 Å². The number of nitrogens with one attached hydrogen (secondary N) is 2. The molecule has 0 saturated carbocycles. The zero-order valence-corrected chi connectivity index (χ0v) is 18.4. The van der Waals surface area contributed by atoms with E-state index < -0.39 is 17.6 Å². The first-order chi connectivity index (χ1) is 17.2. The monoisotopic (exact) mass is 493 g/mol. The summed E-state index contributed by atoms with van der Waals surface area (Å²) in [4.78, 5) is 15.6. The van der Waals surface area contributed by atoms with Gasteiger partial charge in [-0.05, 0) is 36.4 Å². The lowest BCUT2D eigenvalue weighted by Gasteiger charge is -2.11. The number of aromatic amines is 1. The molecular weight excluding hydrogens is 478 g/mol. The van der Waals surface area contributed by atoms with E-state index in [1.807, 2.05) is 6.07 Å². The average molecular weight is 493 g/mol. The number of benzene rings is 2. The minimum Gasteiger partial charge on any atom is -0.457 e. The van der Waals surface area contributed by atoms with Gasteiger partial charge in [-0.15, -0.1) is 0 Å². The zero-order valence-electron chi connectivity index (χ0n) is 18.4. The number of imidazole rings is 2. The molecule has 180 valence electrons. The molecule has 8 nitrogen and oxygen atoms in total. The van der Waals surface area contributed by atoms with Gasteiger partial charge in [0.05, 0.1) is 28.5 Å². The number of alkyl halides is 3. The molecule has 0 aliphatic rings. The van der Waals surface area contributed by atoms with Crippen LogP contribution in [-0.2, 0) is 13.2 Å². The third-order valence-electron chi connectivity index (χ3n) is 5.30. The lowest BCUT2D eigenvalue weighted by Crippen LogP contribution is -2.07. The Morgan fingerprint density at radius 2 is 1.86 bits per heavy atom. The number of anilines is 2. The molecule has 12 heteroatoms. The molecule has 2 aromatic carbocycles. The summed E-state index contributed by atoms with van der Waals surface area (Å²) in [5, 5.41) is 11.6. The highest BCUT2D eigenvalue weighted by Gasteiger charge is 2.31. The van der Waals surface area contributed by atoms with Crippen molar-refractivity contribution in [2.45, 2.75) is 6.18 Å². The normalized spacial score (nSPS) is 11.4. The van der Waals surface area contributed by atoms with Crippen molar-refractivity contribution in [3.8, 4) is 29.1 Å².